The molecule has 0 bridgehead atoms. The first-order valence-electron chi connectivity index (χ1n) is 6.80. The molecule has 0 aromatic heterocycles. The molecular weight excluding hydrogens is 281 g/mol. The molecule has 2 unspecified atom stereocenters. The molecule has 0 saturated carbocycles. The van der Waals surface area contributed by atoms with Crippen molar-refractivity contribution in [2.75, 3.05) is 13.2 Å². The highest BCUT2D eigenvalue weighted by Gasteiger charge is 2.34. The van der Waals surface area contributed by atoms with Crippen LogP contribution in [0.25, 0.3) is 0 Å². The second-order valence-corrected chi connectivity index (χ2v) is 5.58. The minimum Gasteiger partial charge on any atom is -0.374 e. The van der Waals surface area contributed by atoms with Crippen molar-refractivity contribution in [1.29, 1.82) is 0 Å². The van der Waals surface area contributed by atoms with Gasteiger partial charge < -0.3 is 10.1 Å². The lowest BCUT2D eigenvalue weighted by Gasteiger charge is -2.37. The average Bonchev–Trinajstić information content (AvgIpc) is 2.39. The van der Waals surface area contributed by atoms with Crippen molar-refractivity contribution in [2.45, 2.75) is 45.8 Å². The van der Waals surface area contributed by atoms with Crippen molar-refractivity contribution < 1.29 is 4.74 Å². The summed E-state index contributed by atoms with van der Waals surface area (Å²) in [5.41, 5.74) is 0.844. The van der Waals surface area contributed by atoms with E-state index in [1.165, 1.54) is 0 Å². The standard InChI is InChI=1S/C15H23Cl2NO/c1-5-15(4,19-7-3)14(18-6-2)11-8-9-12(16)13(17)10-11/h8-10,14,18H,5-7H2,1-4H3. The molecule has 2 atom stereocenters. The van der Waals surface area contributed by atoms with Crippen LogP contribution in [0, 0.1) is 0 Å². The molecule has 0 aliphatic carbocycles. The lowest BCUT2D eigenvalue weighted by molar-refractivity contribution is -0.0560. The van der Waals surface area contributed by atoms with E-state index < -0.39 is 0 Å². The lowest BCUT2D eigenvalue weighted by atomic mass is 9.87. The molecule has 1 aromatic carbocycles. The molecule has 0 fully saturated rings. The Morgan fingerprint density at radius 2 is 1.89 bits per heavy atom. The largest absolute Gasteiger partial charge is 0.374 e. The third-order valence-corrected chi connectivity index (χ3v) is 4.21. The zero-order valence-electron chi connectivity index (χ0n) is 12.1. The summed E-state index contributed by atoms with van der Waals surface area (Å²) < 4.78 is 5.98. The van der Waals surface area contributed by atoms with Gasteiger partial charge in [0.25, 0.3) is 0 Å². The normalized spacial score (nSPS) is 16.1. The fraction of sp³-hybridized carbons (Fsp3) is 0.600. The highest BCUT2D eigenvalue weighted by Crippen LogP contribution is 2.34. The Kier molecular flexibility index (Phi) is 6.61. The lowest BCUT2D eigenvalue weighted by Crippen LogP contribution is -2.43. The summed E-state index contributed by atoms with van der Waals surface area (Å²) in [6, 6.07) is 5.86. The van der Waals surface area contributed by atoms with E-state index in [-0.39, 0.29) is 11.6 Å². The number of nitrogens with one attached hydrogen (secondary N) is 1. The first kappa shape index (κ1) is 16.8. The highest BCUT2D eigenvalue weighted by atomic mass is 35.5. The van der Waals surface area contributed by atoms with Gasteiger partial charge in [-0.25, -0.2) is 0 Å². The summed E-state index contributed by atoms with van der Waals surface area (Å²) in [6.45, 7) is 9.93. The van der Waals surface area contributed by atoms with E-state index in [9.17, 15) is 0 Å². The maximum Gasteiger partial charge on any atom is 0.0845 e. The second-order valence-electron chi connectivity index (χ2n) is 4.76. The molecule has 0 radical (unpaired) electrons. The molecule has 1 rings (SSSR count). The number of hydrogen-bond acceptors (Lipinski definition) is 2. The second kappa shape index (κ2) is 7.49. The smallest absolute Gasteiger partial charge is 0.0845 e. The predicted molar refractivity (Wildman–Crippen MR) is 83.2 cm³/mol. The van der Waals surface area contributed by atoms with Gasteiger partial charge in [-0.3, -0.25) is 0 Å². The van der Waals surface area contributed by atoms with Crippen LogP contribution in [0.1, 0.15) is 45.7 Å². The fourth-order valence-corrected chi connectivity index (χ4v) is 2.61. The first-order chi connectivity index (χ1) is 8.98. The number of halogens is 2. The Morgan fingerprint density at radius 3 is 2.37 bits per heavy atom. The van der Waals surface area contributed by atoms with Crippen LogP contribution >= 0.6 is 23.2 Å². The Balaban J connectivity index is 3.14. The number of hydrogen-bond donors (Lipinski definition) is 1. The van der Waals surface area contributed by atoms with E-state index in [0.29, 0.717) is 16.7 Å². The van der Waals surface area contributed by atoms with E-state index in [4.69, 9.17) is 27.9 Å². The summed E-state index contributed by atoms with van der Waals surface area (Å²) >= 11 is 12.1. The van der Waals surface area contributed by atoms with Gasteiger partial charge in [-0.2, -0.15) is 0 Å². The molecule has 1 aromatic rings. The van der Waals surface area contributed by atoms with Crippen LogP contribution < -0.4 is 5.32 Å². The first-order valence-corrected chi connectivity index (χ1v) is 7.56. The monoisotopic (exact) mass is 303 g/mol. The van der Waals surface area contributed by atoms with Crippen molar-refractivity contribution in [3.8, 4) is 0 Å². The van der Waals surface area contributed by atoms with Crippen molar-refractivity contribution >= 4 is 23.2 Å². The van der Waals surface area contributed by atoms with Gasteiger partial charge in [0.05, 0.1) is 21.7 Å². The van der Waals surface area contributed by atoms with Crippen LogP contribution in [0.4, 0.5) is 0 Å². The topological polar surface area (TPSA) is 21.3 Å². The van der Waals surface area contributed by atoms with Gasteiger partial charge in [0.1, 0.15) is 0 Å². The number of rotatable bonds is 7. The minimum absolute atomic E-state index is 0.0946. The summed E-state index contributed by atoms with van der Waals surface area (Å²) in [5, 5.41) is 4.65. The van der Waals surface area contributed by atoms with Crippen LogP contribution in [0.3, 0.4) is 0 Å². The number of likely N-dealkylation sites (N-methyl/N-ethyl adjacent to an activating group) is 1. The van der Waals surface area contributed by atoms with Crippen LogP contribution in [0.5, 0.6) is 0 Å². The number of ether oxygens (including phenoxy) is 1. The van der Waals surface area contributed by atoms with Crippen molar-refractivity contribution in [1.82, 2.24) is 5.32 Å². The van der Waals surface area contributed by atoms with E-state index in [1.54, 1.807) is 0 Å². The molecule has 0 saturated heterocycles. The molecule has 108 valence electrons. The average molecular weight is 304 g/mol. The molecule has 0 aliphatic rings. The quantitative estimate of drug-likeness (QED) is 0.777. The van der Waals surface area contributed by atoms with Crippen LogP contribution in [0.15, 0.2) is 18.2 Å². The molecule has 0 amide bonds. The van der Waals surface area contributed by atoms with Crippen molar-refractivity contribution in [3.05, 3.63) is 33.8 Å². The van der Waals surface area contributed by atoms with Crippen LogP contribution in [-0.4, -0.2) is 18.8 Å². The molecular formula is C15H23Cl2NO. The highest BCUT2D eigenvalue weighted by molar-refractivity contribution is 6.42. The van der Waals surface area contributed by atoms with Gasteiger partial charge in [-0.1, -0.05) is 43.1 Å². The van der Waals surface area contributed by atoms with Gasteiger partial charge in [-0.05, 0) is 44.5 Å². The Hall–Kier alpha value is -0.280. The minimum atomic E-state index is -0.262. The summed E-state index contributed by atoms with van der Waals surface area (Å²) in [6.07, 6.45) is 0.915. The third kappa shape index (κ3) is 4.09. The Morgan fingerprint density at radius 1 is 1.21 bits per heavy atom. The van der Waals surface area contributed by atoms with Gasteiger partial charge in [0.15, 0.2) is 0 Å². The zero-order chi connectivity index (χ0) is 14.5. The molecule has 0 spiro atoms. The maximum atomic E-state index is 6.13. The Labute approximate surface area is 126 Å². The molecule has 2 nitrogen and oxygen atoms in total. The van der Waals surface area contributed by atoms with Gasteiger partial charge in [0.2, 0.25) is 0 Å². The third-order valence-electron chi connectivity index (χ3n) is 3.47. The van der Waals surface area contributed by atoms with Crippen molar-refractivity contribution in [3.63, 3.8) is 0 Å². The predicted octanol–water partition coefficient (Wildman–Crippen LogP) is 4.85. The van der Waals surface area contributed by atoms with Crippen LogP contribution in [0.2, 0.25) is 10.0 Å². The summed E-state index contributed by atoms with van der Waals surface area (Å²) in [5.74, 6) is 0. The summed E-state index contributed by atoms with van der Waals surface area (Å²) in [7, 11) is 0. The van der Waals surface area contributed by atoms with E-state index in [1.807, 2.05) is 25.1 Å². The fourth-order valence-electron chi connectivity index (χ4n) is 2.30. The molecule has 1 N–H and O–H groups in total. The molecule has 19 heavy (non-hydrogen) atoms. The van der Waals surface area contributed by atoms with E-state index in [2.05, 4.69) is 26.1 Å². The van der Waals surface area contributed by atoms with E-state index >= 15 is 0 Å². The molecule has 4 heteroatoms. The van der Waals surface area contributed by atoms with Gasteiger partial charge >= 0.3 is 0 Å². The zero-order valence-corrected chi connectivity index (χ0v) is 13.6. The SMILES string of the molecule is CCNC(c1ccc(Cl)c(Cl)c1)C(C)(CC)OCC. The van der Waals surface area contributed by atoms with Gasteiger partial charge in [-0.15, -0.1) is 0 Å². The summed E-state index contributed by atoms with van der Waals surface area (Å²) in [4.78, 5) is 0. The number of benzene rings is 1. The van der Waals surface area contributed by atoms with Crippen LogP contribution in [-0.2, 0) is 4.74 Å². The Bertz CT molecular complexity index is 411. The maximum absolute atomic E-state index is 6.13. The van der Waals surface area contributed by atoms with Crippen molar-refractivity contribution in [2.24, 2.45) is 0 Å². The molecule has 0 heterocycles. The van der Waals surface area contributed by atoms with E-state index in [0.717, 1.165) is 18.5 Å². The molecule has 0 aliphatic heterocycles. The van der Waals surface area contributed by atoms with Gasteiger partial charge in [0, 0.05) is 6.61 Å².